The third-order valence-corrected chi connectivity index (χ3v) is 5.06. The summed E-state index contributed by atoms with van der Waals surface area (Å²) in [6.45, 7) is 3.72. The number of nitrogens with zero attached hydrogens (tertiary/aromatic N) is 6. The van der Waals surface area contributed by atoms with Crippen molar-refractivity contribution in [2.75, 3.05) is 18.0 Å². The normalized spacial score (nSPS) is 14.9. The average Bonchev–Trinajstić information content (AvgIpc) is 3.05. The summed E-state index contributed by atoms with van der Waals surface area (Å²) >= 11 is 0. The van der Waals surface area contributed by atoms with Crippen molar-refractivity contribution in [1.82, 2.24) is 29.8 Å². The van der Waals surface area contributed by atoms with Gasteiger partial charge < -0.3 is 4.90 Å². The van der Waals surface area contributed by atoms with Crippen LogP contribution in [0.4, 0.5) is 5.95 Å². The van der Waals surface area contributed by atoms with E-state index in [0.717, 1.165) is 42.8 Å². The van der Waals surface area contributed by atoms with Crippen molar-refractivity contribution in [2.24, 2.45) is 0 Å². The lowest BCUT2D eigenvalue weighted by Crippen LogP contribution is -2.32. The molecule has 1 saturated heterocycles. The second-order valence-electron chi connectivity index (χ2n) is 6.87. The van der Waals surface area contributed by atoms with Crippen molar-refractivity contribution in [3.63, 3.8) is 0 Å². The summed E-state index contributed by atoms with van der Waals surface area (Å²) in [6, 6.07) is 9.95. The number of H-pyrrole nitrogens is 1. The molecule has 3 aromatic heterocycles. The van der Waals surface area contributed by atoms with Gasteiger partial charge in [0.1, 0.15) is 0 Å². The quantitative estimate of drug-likeness (QED) is 0.589. The Kier molecular flexibility index (Phi) is 3.63. The van der Waals surface area contributed by atoms with Crippen LogP contribution in [-0.4, -0.2) is 42.9 Å². The Morgan fingerprint density at radius 1 is 1.00 bits per heavy atom. The van der Waals surface area contributed by atoms with Crippen LogP contribution in [0, 0.1) is 6.92 Å². The minimum absolute atomic E-state index is 0.199. The largest absolute Gasteiger partial charge is 0.342 e. The predicted octanol–water partition coefficient (Wildman–Crippen LogP) is 2.33. The summed E-state index contributed by atoms with van der Waals surface area (Å²) in [5.74, 6) is 0.580. The van der Waals surface area contributed by atoms with Crippen LogP contribution in [0.5, 0.6) is 0 Å². The first-order chi connectivity index (χ1) is 13.2. The van der Waals surface area contributed by atoms with Gasteiger partial charge in [0.2, 0.25) is 5.95 Å². The molecule has 0 unspecified atom stereocenters. The van der Waals surface area contributed by atoms with Crippen molar-refractivity contribution < 1.29 is 0 Å². The van der Waals surface area contributed by atoms with Crippen LogP contribution in [0.3, 0.4) is 0 Å². The highest BCUT2D eigenvalue weighted by Crippen LogP contribution is 2.27. The molecule has 0 saturated carbocycles. The molecule has 0 spiro atoms. The third kappa shape index (κ3) is 2.56. The Hall–Kier alpha value is -3.29. The van der Waals surface area contributed by atoms with Crippen LogP contribution in [0.15, 0.2) is 35.1 Å². The zero-order valence-corrected chi connectivity index (χ0v) is 15.0. The maximum atomic E-state index is 12.6. The molecule has 1 aliphatic rings. The van der Waals surface area contributed by atoms with E-state index in [4.69, 9.17) is 4.98 Å². The predicted molar refractivity (Wildman–Crippen MR) is 103 cm³/mol. The van der Waals surface area contributed by atoms with Gasteiger partial charge in [-0.3, -0.25) is 9.78 Å². The molecular formula is C19H19N7O. The van der Waals surface area contributed by atoms with Crippen LogP contribution in [-0.2, 0) is 0 Å². The molecule has 4 heterocycles. The monoisotopic (exact) mass is 361 g/mol. The van der Waals surface area contributed by atoms with Gasteiger partial charge in [0, 0.05) is 13.1 Å². The maximum absolute atomic E-state index is 12.6. The Balaban J connectivity index is 1.77. The lowest BCUT2D eigenvalue weighted by Gasteiger charge is -2.26. The molecule has 0 amide bonds. The number of nitrogens with one attached hydrogen (secondary N) is 1. The van der Waals surface area contributed by atoms with E-state index in [0.29, 0.717) is 17.2 Å². The molecule has 8 heteroatoms. The van der Waals surface area contributed by atoms with Gasteiger partial charge in [-0.2, -0.15) is 14.6 Å². The summed E-state index contributed by atoms with van der Waals surface area (Å²) in [7, 11) is 0. The second kappa shape index (κ2) is 6.15. The fourth-order valence-electron chi connectivity index (χ4n) is 3.73. The first kappa shape index (κ1) is 15.9. The van der Waals surface area contributed by atoms with Gasteiger partial charge >= 0.3 is 0 Å². The SMILES string of the molecule is Cc1nn2c(nnc3c(=O)[nH]c(N4CCCCC4)nc32)c1-c1ccccc1. The number of hydrogen-bond donors (Lipinski definition) is 1. The molecule has 0 aliphatic carbocycles. The first-order valence-corrected chi connectivity index (χ1v) is 9.19. The van der Waals surface area contributed by atoms with Crippen molar-refractivity contribution in [3.05, 3.63) is 46.4 Å². The number of benzene rings is 1. The third-order valence-electron chi connectivity index (χ3n) is 5.06. The highest BCUT2D eigenvalue weighted by molar-refractivity contribution is 5.83. The number of fused-ring (bicyclic) bond motifs is 3. The van der Waals surface area contributed by atoms with Crippen LogP contribution in [0.25, 0.3) is 27.9 Å². The van der Waals surface area contributed by atoms with E-state index in [2.05, 4.69) is 25.2 Å². The Labute approximate surface area is 154 Å². The number of piperidine rings is 1. The maximum Gasteiger partial charge on any atom is 0.282 e. The molecule has 1 N–H and O–H groups in total. The summed E-state index contributed by atoms with van der Waals surface area (Å²) in [4.78, 5) is 22.3. The molecule has 27 heavy (non-hydrogen) atoms. The van der Waals surface area contributed by atoms with Crippen molar-refractivity contribution >= 4 is 22.8 Å². The summed E-state index contributed by atoms with van der Waals surface area (Å²) in [5, 5.41) is 13.1. The molecule has 0 radical (unpaired) electrons. The fraction of sp³-hybridized carbons (Fsp3) is 0.316. The smallest absolute Gasteiger partial charge is 0.282 e. The standard InChI is InChI=1S/C19H19N7O/c1-12-14(13-8-4-2-5-9-13)16-23-22-15-17(26(16)24-12)20-19(21-18(15)27)25-10-6-3-7-11-25/h2,4-5,8-9H,3,6-7,10-11H2,1H3,(H,20,21,27). The molecular weight excluding hydrogens is 342 g/mol. The zero-order chi connectivity index (χ0) is 18.4. The van der Waals surface area contributed by atoms with Crippen LogP contribution in [0.1, 0.15) is 25.0 Å². The van der Waals surface area contributed by atoms with Gasteiger partial charge in [-0.15, -0.1) is 10.2 Å². The molecule has 5 rings (SSSR count). The molecule has 4 aromatic rings. The molecule has 1 aliphatic heterocycles. The lowest BCUT2D eigenvalue weighted by molar-refractivity contribution is 0.568. The average molecular weight is 361 g/mol. The van der Waals surface area contributed by atoms with E-state index in [9.17, 15) is 4.79 Å². The van der Waals surface area contributed by atoms with E-state index < -0.39 is 0 Å². The van der Waals surface area contributed by atoms with Gasteiger partial charge in [0.05, 0.1) is 11.3 Å². The van der Waals surface area contributed by atoms with Gasteiger partial charge in [-0.05, 0) is 31.7 Å². The Morgan fingerprint density at radius 3 is 2.56 bits per heavy atom. The van der Waals surface area contributed by atoms with E-state index in [1.807, 2.05) is 37.3 Å². The van der Waals surface area contributed by atoms with E-state index in [1.54, 1.807) is 4.52 Å². The highest BCUT2D eigenvalue weighted by atomic mass is 16.1. The molecule has 0 bridgehead atoms. The lowest BCUT2D eigenvalue weighted by atomic mass is 10.1. The van der Waals surface area contributed by atoms with E-state index >= 15 is 0 Å². The zero-order valence-electron chi connectivity index (χ0n) is 15.0. The topological polar surface area (TPSA) is 92.1 Å². The van der Waals surface area contributed by atoms with Gasteiger partial charge in [-0.25, -0.2) is 0 Å². The van der Waals surface area contributed by atoms with Gasteiger partial charge in [-0.1, -0.05) is 30.3 Å². The van der Waals surface area contributed by atoms with E-state index in [-0.39, 0.29) is 11.1 Å². The van der Waals surface area contributed by atoms with Gasteiger partial charge in [0.25, 0.3) is 5.56 Å². The second-order valence-corrected chi connectivity index (χ2v) is 6.87. The molecule has 1 fully saturated rings. The van der Waals surface area contributed by atoms with Gasteiger partial charge in [0.15, 0.2) is 16.8 Å². The van der Waals surface area contributed by atoms with Crippen LogP contribution >= 0.6 is 0 Å². The molecule has 8 nitrogen and oxygen atoms in total. The Morgan fingerprint density at radius 2 is 1.78 bits per heavy atom. The molecule has 0 atom stereocenters. The van der Waals surface area contributed by atoms with E-state index in [1.165, 1.54) is 6.42 Å². The summed E-state index contributed by atoms with van der Waals surface area (Å²) < 4.78 is 1.64. The van der Waals surface area contributed by atoms with Crippen LogP contribution < -0.4 is 10.5 Å². The number of hydrogen-bond acceptors (Lipinski definition) is 6. The molecule has 1 aromatic carbocycles. The number of rotatable bonds is 2. The Bertz CT molecular complexity index is 1190. The minimum Gasteiger partial charge on any atom is -0.342 e. The van der Waals surface area contributed by atoms with Crippen LogP contribution in [0.2, 0.25) is 0 Å². The highest BCUT2D eigenvalue weighted by Gasteiger charge is 2.20. The van der Waals surface area contributed by atoms with Crippen molar-refractivity contribution in [3.8, 4) is 11.1 Å². The number of aromatic nitrogens is 6. The summed E-state index contributed by atoms with van der Waals surface area (Å²) in [5.41, 5.74) is 3.70. The number of aromatic amines is 1. The number of anilines is 1. The summed E-state index contributed by atoms with van der Waals surface area (Å²) in [6.07, 6.45) is 3.42. The fourth-order valence-corrected chi connectivity index (χ4v) is 3.73. The minimum atomic E-state index is -0.288. The van der Waals surface area contributed by atoms with Crippen molar-refractivity contribution in [2.45, 2.75) is 26.2 Å². The number of aryl methyl sites for hydroxylation is 1. The van der Waals surface area contributed by atoms with Crippen molar-refractivity contribution in [1.29, 1.82) is 0 Å². The first-order valence-electron chi connectivity index (χ1n) is 9.19. The molecule has 136 valence electrons.